The standard InChI is InChI=1S/C8H4ClI/c1-2-6-3-4-7(10)5-8(6)9/h1,3-5H. The first kappa shape index (κ1) is 7.90. The molecule has 0 N–H and O–H groups in total. The molecule has 0 fully saturated rings. The summed E-state index contributed by atoms with van der Waals surface area (Å²) in [7, 11) is 0. The fourth-order valence-corrected chi connectivity index (χ4v) is 1.52. The van der Waals surface area contributed by atoms with Crippen molar-refractivity contribution >= 4 is 34.2 Å². The lowest BCUT2D eigenvalue weighted by atomic mass is 10.2. The van der Waals surface area contributed by atoms with Crippen LogP contribution in [-0.4, -0.2) is 0 Å². The smallest absolute Gasteiger partial charge is 0.0572 e. The van der Waals surface area contributed by atoms with Crippen molar-refractivity contribution in [1.29, 1.82) is 0 Å². The Labute approximate surface area is 78.7 Å². The number of benzene rings is 1. The summed E-state index contributed by atoms with van der Waals surface area (Å²) in [5.41, 5.74) is 0.752. The molecule has 0 aliphatic rings. The summed E-state index contributed by atoms with van der Waals surface area (Å²) in [5, 5.41) is 0.648. The molecule has 0 radical (unpaired) electrons. The number of terminal acetylenes is 1. The summed E-state index contributed by atoms with van der Waals surface area (Å²) in [6.45, 7) is 0. The molecule has 1 rings (SSSR count). The van der Waals surface area contributed by atoms with Gasteiger partial charge in [0.15, 0.2) is 0 Å². The van der Waals surface area contributed by atoms with Crippen LogP contribution in [0.3, 0.4) is 0 Å². The van der Waals surface area contributed by atoms with E-state index in [1.165, 1.54) is 0 Å². The topological polar surface area (TPSA) is 0 Å². The van der Waals surface area contributed by atoms with E-state index in [4.69, 9.17) is 18.0 Å². The van der Waals surface area contributed by atoms with Crippen LogP contribution in [0.1, 0.15) is 5.56 Å². The first-order valence-electron chi connectivity index (χ1n) is 2.65. The lowest BCUT2D eigenvalue weighted by Gasteiger charge is -1.94. The summed E-state index contributed by atoms with van der Waals surface area (Å²) in [5.74, 6) is 2.49. The zero-order valence-electron chi connectivity index (χ0n) is 5.07. The predicted molar refractivity (Wildman–Crippen MR) is 52.1 cm³/mol. The van der Waals surface area contributed by atoms with Gasteiger partial charge in [-0.1, -0.05) is 17.5 Å². The average Bonchev–Trinajstić information content (AvgIpc) is 1.88. The second-order valence-electron chi connectivity index (χ2n) is 1.77. The maximum absolute atomic E-state index is 5.78. The van der Waals surface area contributed by atoms with E-state index in [1.807, 2.05) is 18.2 Å². The molecule has 0 aromatic heterocycles. The van der Waals surface area contributed by atoms with Gasteiger partial charge in [0.2, 0.25) is 0 Å². The maximum atomic E-state index is 5.78. The van der Waals surface area contributed by atoms with E-state index >= 15 is 0 Å². The van der Waals surface area contributed by atoms with E-state index in [0.29, 0.717) is 5.02 Å². The molecule has 1 aromatic carbocycles. The molecule has 0 saturated heterocycles. The maximum Gasteiger partial charge on any atom is 0.0572 e. The van der Waals surface area contributed by atoms with E-state index in [2.05, 4.69) is 28.5 Å². The van der Waals surface area contributed by atoms with Crippen LogP contribution in [-0.2, 0) is 0 Å². The highest BCUT2D eigenvalue weighted by atomic mass is 127. The molecule has 2 heteroatoms. The normalized spacial score (nSPS) is 8.90. The Morgan fingerprint density at radius 3 is 2.70 bits per heavy atom. The lowest BCUT2D eigenvalue weighted by molar-refractivity contribution is 1.60. The summed E-state index contributed by atoms with van der Waals surface area (Å²) in [6.07, 6.45) is 5.16. The lowest BCUT2D eigenvalue weighted by Crippen LogP contribution is -1.76. The van der Waals surface area contributed by atoms with Gasteiger partial charge in [-0.25, -0.2) is 0 Å². The Bertz CT molecular complexity index is 286. The van der Waals surface area contributed by atoms with Gasteiger partial charge in [0, 0.05) is 9.13 Å². The van der Waals surface area contributed by atoms with Gasteiger partial charge >= 0.3 is 0 Å². The van der Waals surface area contributed by atoms with E-state index in [0.717, 1.165) is 9.13 Å². The molecule has 10 heavy (non-hydrogen) atoms. The van der Waals surface area contributed by atoms with Crippen molar-refractivity contribution in [3.63, 3.8) is 0 Å². The Kier molecular flexibility index (Phi) is 2.58. The van der Waals surface area contributed by atoms with Crippen molar-refractivity contribution in [3.8, 4) is 12.3 Å². The van der Waals surface area contributed by atoms with E-state index in [-0.39, 0.29) is 0 Å². The van der Waals surface area contributed by atoms with Crippen LogP contribution in [0.4, 0.5) is 0 Å². The molecule has 0 spiro atoms. The van der Waals surface area contributed by atoms with Crippen molar-refractivity contribution in [2.24, 2.45) is 0 Å². The monoisotopic (exact) mass is 262 g/mol. The van der Waals surface area contributed by atoms with Crippen LogP contribution >= 0.6 is 34.2 Å². The minimum atomic E-state index is 0.648. The third-order valence-electron chi connectivity index (χ3n) is 1.09. The van der Waals surface area contributed by atoms with Gasteiger partial charge < -0.3 is 0 Å². The molecule has 0 atom stereocenters. The van der Waals surface area contributed by atoms with Gasteiger partial charge in [-0.05, 0) is 40.8 Å². The molecule has 1 aromatic rings. The summed E-state index contributed by atoms with van der Waals surface area (Å²) < 4.78 is 1.10. The third-order valence-corrected chi connectivity index (χ3v) is 2.07. The summed E-state index contributed by atoms with van der Waals surface area (Å²) >= 11 is 7.97. The van der Waals surface area contributed by atoms with Crippen LogP contribution in [0, 0.1) is 15.9 Å². The number of halogens is 2. The van der Waals surface area contributed by atoms with Gasteiger partial charge in [0.1, 0.15) is 0 Å². The van der Waals surface area contributed by atoms with Gasteiger partial charge in [-0.2, -0.15) is 0 Å². The average molecular weight is 262 g/mol. The zero-order chi connectivity index (χ0) is 7.56. The highest BCUT2D eigenvalue weighted by Crippen LogP contribution is 2.17. The van der Waals surface area contributed by atoms with Crippen molar-refractivity contribution in [1.82, 2.24) is 0 Å². The largest absolute Gasteiger partial charge is 0.115 e. The minimum absolute atomic E-state index is 0.648. The molecular weight excluding hydrogens is 258 g/mol. The molecule has 0 aliphatic carbocycles. The van der Waals surface area contributed by atoms with Gasteiger partial charge in [-0.15, -0.1) is 6.42 Å². The van der Waals surface area contributed by atoms with Gasteiger partial charge in [0.25, 0.3) is 0 Å². The van der Waals surface area contributed by atoms with E-state index < -0.39 is 0 Å². The van der Waals surface area contributed by atoms with Crippen LogP contribution in [0.5, 0.6) is 0 Å². The van der Waals surface area contributed by atoms with Gasteiger partial charge in [-0.3, -0.25) is 0 Å². The van der Waals surface area contributed by atoms with Gasteiger partial charge in [0.05, 0.1) is 5.02 Å². The van der Waals surface area contributed by atoms with Crippen LogP contribution < -0.4 is 0 Å². The number of hydrogen-bond donors (Lipinski definition) is 0. The molecule has 0 bridgehead atoms. The first-order chi connectivity index (χ1) is 4.74. The van der Waals surface area contributed by atoms with E-state index in [9.17, 15) is 0 Å². The van der Waals surface area contributed by atoms with Crippen molar-refractivity contribution in [3.05, 3.63) is 32.4 Å². The molecule has 0 heterocycles. The molecule has 50 valence electrons. The van der Waals surface area contributed by atoms with Crippen LogP contribution in [0.15, 0.2) is 18.2 Å². The summed E-state index contributed by atoms with van der Waals surface area (Å²) in [4.78, 5) is 0. The number of rotatable bonds is 0. The zero-order valence-corrected chi connectivity index (χ0v) is 7.98. The van der Waals surface area contributed by atoms with Crippen LogP contribution in [0.2, 0.25) is 5.02 Å². The Morgan fingerprint density at radius 1 is 1.50 bits per heavy atom. The predicted octanol–water partition coefficient (Wildman–Crippen LogP) is 2.93. The second kappa shape index (κ2) is 3.27. The molecule has 0 unspecified atom stereocenters. The number of hydrogen-bond acceptors (Lipinski definition) is 0. The Balaban J connectivity index is 3.23. The minimum Gasteiger partial charge on any atom is -0.115 e. The molecule has 0 saturated carbocycles. The van der Waals surface area contributed by atoms with Crippen molar-refractivity contribution in [2.75, 3.05) is 0 Å². The second-order valence-corrected chi connectivity index (χ2v) is 3.42. The highest BCUT2D eigenvalue weighted by Gasteiger charge is 1.95. The molecule has 0 nitrogen and oxygen atoms in total. The third kappa shape index (κ3) is 1.65. The fourth-order valence-electron chi connectivity index (χ4n) is 0.607. The van der Waals surface area contributed by atoms with Crippen molar-refractivity contribution in [2.45, 2.75) is 0 Å². The quantitative estimate of drug-likeness (QED) is 0.498. The molecular formula is C8H4ClI. The van der Waals surface area contributed by atoms with E-state index in [1.54, 1.807) is 0 Å². The molecule has 0 amide bonds. The molecule has 0 aliphatic heterocycles. The highest BCUT2D eigenvalue weighted by molar-refractivity contribution is 14.1. The SMILES string of the molecule is C#Cc1ccc(I)cc1Cl. The van der Waals surface area contributed by atoms with Crippen molar-refractivity contribution < 1.29 is 0 Å². The Hall–Kier alpha value is -0.200. The fraction of sp³-hybridized carbons (Fsp3) is 0. The van der Waals surface area contributed by atoms with Crippen LogP contribution in [0.25, 0.3) is 0 Å². The summed E-state index contributed by atoms with van der Waals surface area (Å²) in [6, 6.07) is 5.61. The first-order valence-corrected chi connectivity index (χ1v) is 4.11. The Morgan fingerprint density at radius 2 is 2.20 bits per heavy atom.